The lowest BCUT2D eigenvalue weighted by molar-refractivity contribution is 0.133. The average Bonchev–Trinajstić information content (AvgIpc) is 2.39. The lowest BCUT2D eigenvalue weighted by Crippen LogP contribution is -2.35. The molecule has 1 aromatic rings. The Labute approximate surface area is 122 Å². The zero-order valence-corrected chi connectivity index (χ0v) is 13.0. The van der Waals surface area contributed by atoms with Crippen molar-refractivity contribution in [2.24, 2.45) is 11.3 Å². The van der Waals surface area contributed by atoms with E-state index in [0.717, 1.165) is 12.2 Å². The van der Waals surface area contributed by atoms with Crippen molar-refractivity contribution in [3.05, 3.63) is 29.8 Å². The molecule has 1 aliphatic carbocycles. The van der Waals surface area contributed by atoms with Crippen LogP contribution in [0, 0.1) is 11.3 Å². The molecule has 1 aliphatic rings. The second kappa shape index (κ2) is 6.17. The lowest BCUT2D eigenvalue weighted by Gasteiger charge is -2.41. The Morgan fingerprint density at radius 3 is 2.53 bits per heavy atom. The van der Waals surface area contributed by atoms with Gasteiger partial charge >= 0.3 is 0 Å². The number of alkyl halides is 1. The number of hydrogen-bond donors (Lipinski definition) is 0. The number of halogens is 1. The minimum absolute atomic E-state index is 0.240. The molecule has 0 aliphatic heterocycles. The van der Waals surface area contributed by atoms with Gasteiger partial charge in [0.15, 0.2) is 0 Å². The van der Waals surface area contributed by atoms with Crippen LogP contribution in [0.2, 0.25) is 0 Å². The molecule has 2 rings (SSSR count). The van der Waals surface area contributed by atoms with Gasteiger partial charge in [-0.2, -0.15) is 0 Å². The Balaban J connectivity index is 2.01. The normalized spacial score (nSPS) is 23.9. The Morgan fingerprint density at radius 2 is 1.95 bits per heavy atom. The molecule has 0 bridgehead atoms. The monoisotopic (exact) mass is 280 g/mol. The van der Waals surface area contributed by atoms with Crippen molar-refractivity contribution < 1.29 is 4.74 Å². The van der Waals surface area contributed by atoms with E-state index in [2.05, 4.69) is 26.0 Å². The van der Waals surface area contributed by atoms with Gasteiger partial charge in [-0.25, -0.2) is 0 Å². The third-order valence-electron chi connectivity index (χ3n) is 4.62. The van der Waals surface area contributed by atoms with Crippen molar-refractivity contribution in [2.45, 2.75) is 51.3 Å². The highest BCUT2D eigenvalue weighted by Crippen LogP contribution is 2.44. The summed E-state index contributed by atoms with van der Waals surface area (Å²) in [4.78, 5) is 0. The summed E-state index contributed by atoms with van der Waals surface area (Å²) in [6.07, 6.45) is 6.23. The minimum Gasteiger partial charge on any atom is -0.497 e. The second-order valence-corrected chi connectivity index (χ2v) is 6.97. The molecule has 0 N–H and O–H groups in total. The molecule has 1 fully saturated rings. The van der Waals surface area contributed by atoms with E-state index in [1.165, 1.54) is 31.2 Å². The van der Waals surface area contributed by atoms with E-state index in [1.807, 2.05) is 12.1 Å². The van der Waals surface area contributed by atoms with Crippen LogP contribution in [0.15, 0.2) is 24.3 Å². The van der Waals surface area contributed by atoms with Crippen molar-refractivity contribution in [3.63, 3.8) is 0 Å². The molecule has 19 heavy (non-hydrogen) atoms. The maximum atomic E-state index is 6.72. The number of benzene rings is 1. The number of hydrogen-bond acceptors (Lipinski definition) is 1. The predicted molar refractivity (Wildman–Crippen MR) is 82.1 cm³/mol. The van der Waals surface area contributed by atoms with E-state index < -0.39 is 0 Å². The van der Waals surface area contributed by atoms with Crippen LogP contribution in [0.4, 0.5) is 0 Å². The highest BCUT2D eigenvalue weighted by molar-refractivity contribution is 6.21. The maximum absolute atomic E-state index is 6.72. The molecule has 2 atom stereocenters. The largest absolute Gasteiger partial charge is 0.497 e. The van der Waals surface area contributed by atoms with Crippen LogP contribution in [-0.4, -0.2) is 12.5 Å². The molecule has 2 unspecified atom stereocenters. The summed E-state index contributed by atoms with van der Waals surface area (Å²) in [6.45, 7) is 4.75. The Morgan fingerprint density at radius 1 is 1.26 bits per heavy atom. The summed E-state index contributed by atoms with van der Waals surface area (Å²) in [6, 6.07) is 8.30. The van der Waals surface area contributed by atoms with Crippen molar-refractivity contribution in [1.29, 1.82) is 0 Å². The highest BCUT2D eigenvalue weighted by atomic mass is 35.5. The molecule has 2 heteroatoms. The standard InChI is InChI=1S/C17H25ClO/c1-17(2)11-5-4-6-15(17)16(18)12-13-7-9-14(19-3)10-8-13/h7-10,15-16H,4-6,11-12H2,1-3H3. The van der Waals surface area contributed by atoms with E-state index in [1.54, 1.807) is 7.11 Å². The van der Waals surface area contributed by atoms with E-state index in [0.29, 0.717) is 11.3 Å². The van der Waals surface area contributed by atoms with Gasteiger partial charge in [-0.3, -0.25) is 0 Å². The highest BCUT2D eigenvalue weighted by Gasteiger charge is 2.36. The van der Waals surface area contributed by atoms with Crippen LogP contribution >= 0.6 is 11.6 Å². The third-order valence-corrected chi connectivity index (χ3v) is 5.07. The Bertz CT molecular complexity index is 396. The van der Waals surface area contributed by atoms with Gasteiger partial charge in [0, 0.05) is 5.38 Å². The first kappa shape index (κ1) is 14.7. The Hall–Kier alpha value is -0.690. The van der Waals surface area contributed by atoms with E-state index in [9.17, 15) is 0 Å². The SMILES string of the molecule is COc1ccc(CC(Cl)C2CCCCC2(C)C)cc1. The van der Waals surface area contributed by atoms with Gasteiger partial charge in [0.2, 0.25) is 0 Å². The second-order valence-electron chi connectivity index (χ2n) is 6.41. The first-order valence-corrected chi connectivity index (χ1v) is 7.73. The molecular formula is C17H25ClO. The molecule has 1 nitrogen and oxygen atoms in total. The molecule has 1 aromatic carbocycles. The summed E-state index contributed by atoms with van der Waals surface area (Å²) in [5.74, 6) is 1.54. The molecule has 0 spiro atoms. The summed E-state index contributed by atoms with van der Waals surface area (Å²) in [5.41, 5.74) is 1.69. The number of methoxy groups -OCH3 is 1. The number of rotatable bonds is 4. The lowest BCUT2D eigenvalue weighted by atomic mass is 9.67. The molecule has 0 radical (unpaired) electrons. The fourth-order valence-electron chi connectivity index (χ4n) is 3.32. The first-order chi connectivity index (χ1) is 9.03. The topological polar surface area (TPSA) is 9.23 Å². The van der Waals surface area contributed by atoms with Gasteiger partial charge < -0.3 is 4.74 Å². The van der Waals surface area contributed by atoms with Crippen LogP contribution in [0.3, 0.4) is 0 Å². The molecule has 106 valence electrons. The molecule has 0 amide bonds. The summed E-state index contributed by atoms with van der Waals surface area (Å²) < 4.78 is 5.19. The molecular weight excluding hydrogens is 256 g/mol. The van der Waals surface area contributed by atoms with Crippen LogP contribution in [0.5, 0.6) is 5.75 Å². The van der Waals surface area contributed by atoms with Crippen LogP contribution in [0.1, 0.15) is 45.1 Å². The van der Waals surface area contributed by atoms with Gasteiger partial charge in [-0.05, 0) is 48.3 Å². The summed E-state index contributed by atoms with van der Waals surface area (Å²) in [7, 11) is 1.70. The van der Waals surface area contributed by atoms with Gasteiger partial charge in [-0.15, -0.1) is 11.6 Å². The van der Waals surface area contributed by atoms with Gasteiger partial charge in [0.05, 0.1) is 7.11 Å². The molecule has 0 heterocycles. The third kappa shape index (κ3) is 3.66. The predicted octanol–water partition coefficient (Wildman–Crippen LogP) is 5.06. The van der Waals surface area contributed by atoms with E-state index >= 15 is 0 Å². The number of ether oxygens (including phenoxy) is 1. The van der Waals surface area contributed by atoms with Gasteiger partial charge in [-0.1, -0.05) is 38.8 Å². The fraction of sp³-hybridized carbons (Fsp3) is 0.647. The summed E-state index contributed by atoms with van der Waals surface area (Å²) in [5, 5.41) is 0.240. The van der Waals surface area contributed by atoms with Crippen molar-refractivity contribution in [3.8, 4) is 5.75 Å². The van der Waals surface area contributed by atoms with Crippen LogP contribution in [0.25, 0.3) is 0 Å². The molecule has 0 saturated heterocycles. The van der Waals surface area contributed by atoms with Crippen LogP contribution < -0.4 is 4.74 Å². The van der Waals surface area contributed by atoms with Crippen LogP contribution in [-0.2, 0) is 6.42 Å². The van der Waals surface area contributed by atoms with Crippen molar-refractivity contribution >= 4 is 11.6 Å². The van der Waals surface area contributed by atoms with Gasteiger partial charge in [0.1, 0.15) is 5.75 Å². The average molecular weight is 281 g/mol. The van der Waals surface area contributed by atoms with E-state index in [-0.39, 0.29) is 5.38 Å². The zero-order valence-electron chi connectivity index (χ0n) is 12.3. The summed E-state index contributed by atoms with van der Waals surface area (Å²) >= 11 is 6.72. The zero-order chi connectivity index (χ0) is 13.9. The van der Waals surface area contributed by atoms with Crippen molar-refractivity contribution in [2.75, 3.05) is 7.11 Å². The quantitative estimate of drug-likeness (QED) is 0.700. The molecule has 0 aromatic heterocycles. The van der Waals surface area contributed by atoms with E-state index in [4.69, 9.17) is 16.3 Å². The van der Waals surface area contributed by atoms with Gasteiger partial charge in [0.25, 0.3) is 0 Å². The fourth-order valence-corrected chi connectivity index (χ4v) is 3.97. The smallest absolute Gasteiger partial charge is 0.118 e. The minimum atomic E-state index is 0.240. The Kier molecular flexibility index (Phi) is 4.78. The first-order valence-electron chi connectivity index (χ1n) is 7.30. The maximum Gasteiger partial charge on any atom is 0.118 e. The molecule has 1 saturated carbocycles. The van der Waals surface area contributed by atoms with Crippen molar-refractivity contribution in [1.82, 2.24) is 0 Å².